The molecule has 0 spiro atoms. The smallest absolute Gasteiger partial charge is 0.0523 e. The van der Waals surface area contributed by atoms with Crippen LogP contribution in [0, 0.1) is 5.92 Å². The van der Waals surface area contributed by atoms with Gasteiger partial charge in [-0.15, -0.1) is 0 Å². The fourth-order valence-corrected chi connectivity index (χ4v) is 2.77. The summed E-state index contributed by atoms with van der Waals surface area (Å²) < 4.78 is 0. The molecule has 3 nitrogen and oxygen atoms in total. The standard InChI is InChI=1S/C13H25N3/c1-11-10-16(3)9-6-13(11)14-12-4-7-15(2)8-5-12/h11-12H,4-10H2,1-3H3/b14-13+. The van der Waals surface area contributed by atoms with E-state index in [1.165, 1.54) is 51.2 Å². The molecule has 0 amide bonds. The Kier molecular flexibility index (Phi) is 3.98. The molecule has 16 heavy (non-hydrogen) atoms. The summed E-state index contributed by atoms with van der Waals surface area (Å²) in [5.41, 5.74) is 1.48. The SMILES string of the molecule is CC1CN(C)CC/C1=N\C1CCN(C)CC1. The number of aliphatic imine (C=N–C) groups is 1. The van der Waals surface area contributed by atoms with Gasteiger partial charge in [0.15, 0.2) is 0 Å². The summed E-state index contributed by atoms with van der Waals surface area (Å²) in [6.07, 6.45) is 3.69. The summed E-state index contributed by atoms with van der Waals surface area (Å²) in [6.45, 7) is 7.14. The molecule has 0 N–H and O–H groups in total. The summed E-state index contributed by atoms with van der Waals surface area (Å²) in [4.78, 5) is 9.83. The van der Waals surface area contributed by atoms with Crippen molar-refractivity contribution in [3.63, 3.8) is 0 Å². The van der Waals surface area contributed by atoms with Crippen molar-refractivity contribution < 1.29 is 0 Å². The van der Waals surface area contributed by atoms with Crippen molar-refractivity contribution >= 4 is 5.71 Å². The highest BCUT2D eigenvalue weighted by Gasteiger charge is 2.22. The number of hydrogen-bond acceptors (Lipinski definition) is 3. The highest BCUT2D eigenvalue weighted by Crippen LogP contribution is 2.18. The van der Waals surface area contributed by atoms with Gasteiger partial charge in [-0.3, -0.25) is 4.99 Å². The summed E-state index contributed by atoms with van der Waals surface area (Å²) in [5.74, 6) is 0.665. The molecule has 0 bridgehead atoms. The zero-order valence-electron chi connectivity index (χ0n) is 10.9. The molecule has 2 saturated heterocycles. The third kappa shape index (κ3) is 3.05. The van der Waals surface area contributed by atoms with Gasteiger partial charge in [-0.05, 0) is 46.4 Å². The number of nitrogens with zero attached hydrogens (tertiary/aromatic N) is 3. The molecule has 2 rings (SSSR count). The first-order valence-corrected chi connectivity index (χ1v) is 6.59. The van der Waals surface area contributed by atoms with E-state index in [1.54, 1.807) is 0 Å². The molecule has 2 heterocycles. The van der Waals surface area contributed by atoms with Gasteiger partial charge in [-0.1, -0.05) is 6.92 Å². The quantitative estimate of drug-likeness (QED) is 0.671. The minimum absolute atomic E-state index is 0.608. The van der Waals surface area contributed by atoms with E-state index in [4.69, 9.17) is 4.99 Å². The average Bonchev–Trinajstić information content (AvgIpc) is 2.25. The summed E-state index contributed by atoms with van der Waals surface area (Å²) in [5, 5.41) is 0. The lowest BCUT2D eigenvalue weighted by atomic mass is 9.96. The van der Waals surface area contributed by atoms with Crippen LogP contribution in [0.5, 0.6) is 0 Å². The Morgan fingerprint density at radius 2 is 1.75 bits per heavy atom. The van der Waals surface area contributed by atoms with Crippen molar-refractivity contribution in [3.8, 4) is 0 Å². The topological polar surface area (TPSA) is 18.8 Å². The van der Waals surface area contributed by atoms with Crippen LogP contribution in [0.15, 0.2) is 4.99 Å². The van der Waals surface area contributed by atoms with E-state index in [0.717, 1.165) is 0 Å². The fraction of sp³-hybridized carbons (Fsp3) is 0.923. The van der Waals surface area contributed by atoms with Crippen molar-refractivity contribution in [1.29, 1.82) is 0 Å². The number of likely N-dealkylation sites (tertiary alicyclic amines) is 2. The van der Waals surface area contributed by atoms with Gasteiger partial charge >= 0.3 is 0 Å². The molecule has 0 aliphatic carbocycles. The highest BCUT2D eigenvalue weighted by atomic mass is 15.1. The van der Waals surface area contributed by atoms with Gasteiger partial charge in [-0.25, -0.2) is 0 Å². The normalized spacial score (nSPS) is 33.4. The molecule has 0 saturated carbocycles. The summed E-state index contributed by atoms with van der Waals surface area (Å²) >= 11 is 0. The van der Waals surface area contributed by atoms with E-state index in [9.17, 15) is 0 Å². The Morgan fingerprint density at radius 1 is 1.06 bits per heavy atom. The van der Waals surface area contributed by atoms with Gasteiger partial charge in [0.2, 0.25) is 0 Å². The van der Waals surface area contributed by atoms with Crippen molar-refractivity contribution in [2.45, 2.75) is 32.2 Å². The second kappa shape index (κ2) is 5.28. The predicted molar refractivity (Wildman–Crippen MR) is 69.2 cm³/mol. The minimum atomic E-state index is 0.608. The van der Waals surface area contributed by atoms with Crippen LogP contribution >= 0.6 is 0 Å². The molecule has 2 aliphatic heterocycles. The number of piperidine rings is 2. The van der Waals surface area contributed by atoms with Crippen LogP contribution in [0.4, 0.5) is 0 Å². The van der Waals surface area contributed by atoms with Crippen LogP contribution < -0.4 is 0 Å². The predicted octanol–water partition coefficient (Wildman–Crippen LogP) is 1.49. The maximum atomic E-state index is 5.01. The number of hydrogen-bond donors (Lipinski definition) is 0. The van der Waals surface area contributed by atoms with Crippen LogP contribution in [0.3, 0.4) is 0 Å². The van der Waals surface area contributed by atoms with E-state index in [0.29, 0.717) is 12.0 Å². The van der Waals surface area contributed by atoms with Crippen LogP contribution in [0.25, 0.3) is 0 Å². The third-order valence-electron chi connectivity index (χ3n) is 3.94. The second-order valence-corrected chi connectivity index (χ2v) is 5.57. The maximum absolute atomic E-state index is 5.01. The Labute approximate surface area is 99.5 Å². The lowest BCUT2D eigenvalue weighted by molar-refractivity contribution is 0.254. The molecule has 2 fully saturated rings. The molecule has 1 atom stereocenters. The molecule has 0 radical (unpaired) electrons. The first kappa shape index (κ1) is 12.1. The molecule has 0 aromatic heterocycles. The van der Waals surface area contributed by atoms with E-state index < -0.39 is 0 Å². The lowest BCUT2D eigenvalue weighted by Gasteiger charge is -2.32. The third-order valence-corrected chi connectivity index (χ3v) is 3.94. The van der Waals surface area contributed by atoms with Gasteiger partial charge in [0.25, 0.3) is 0 Å². The van der Waals surface area contributed by atoms with Gasteiger partial charge in [0, 0.05) is 24.7 Å². The van der Waals surface area contributed by atoms with Gasteiger partial charge < -0.3 is 9.80 Å². The fourth-order valence-electron chi connectivity index (χ4n) is 2.77. The Morgan fingerprint density at radius 3 is 2.38 bits per heavy atom. The van der Waals surface area contributed by atoms with E-state index in [1.807, 2.05) is 0 Å². The monoisotopic (exact) mass is 223 g/mol. The van der Waals surface area contributed by atoms with E-state index in [2.05, 4.69) is 30.8 Å². The molecule has 2 aliphatic rings. The first-order chi connectivity index (χ1) is 7.65. The van der Waals surface area contributed by atoms with Crippen molar-refractivity contribution in [1.82, 2.24) is 9.80 Å². The molecule has 92 valence electrons. The minimum Gasteiger partial charge on any atom is -0.306 e. The Bertz CT molecular complexity index is 254. The Hall–Kier alpha value is -0.410. The first-order valence-electron chi connectivity index (χ1n) is 6.59. The van der Waals surface area contributed by atoms with E-state index >= 15 is 0 Å². The summed E-state index contributed by atoms with van der Waals surface area (Å²) in [6, 6.07) is 0.608. The lowest BCUT2D eigenvalue weighted by Crippen LogP contribution is -2.38. The summed E-state index contributed by atoms with van der Waals surface area (Å²) in [7, 11) is 4.42. The van der Waals surface area contributed by atoms with Gasteiger partial charge in [-0.2, -0.15) is 0 Å². The Balaban J connectivity index is 1.91. The van der Waals surface area contributed by atoms with Crippen LogP contribution in [0.2, 0.25) is 0 Å². The van der Waals surface area contributed by atoms with Crippen LogP contribution in [-0.4, -0.2) is 61.8 Å². The van der Waals surface area contributed by atoms with E-state index in [-0.39, 0.29) is 0 Å². The van der Waals surface area contributed by atoms with Crippen molar-refractivity contribution in [2.75, 3.05) is 40.3 Å². The van der Waals surface area contributed by atoms with Crippen LogP contribution in [0.1, 0.15) is 26.2 Å². The second-order valence-electron chi connectivity index (χ2n) is 5.57. The largest absolute Gasteiger partial charge is 0.306 e. The highest BCUT2D eigenvalue weighted by molar-refractivity contribution is 5.87. The molecule has 1 unspecified atom stereocenters. The molecule has 0 aromatic rings. The zero-order chi connectivity index (χ0) is 11.5. The average molecular weight is 223 g/mol. The van der Waals surface area contributed by atoms with Gasteiger partial charge in [0.1, 0.15) is 0 Å². The molecular weight excluding hydrogens is 198 g/mol. The van der Waals surface area contributed by atoms with Crippen molar-refractivity contribution in [3.05, 3.63) is 0 Å². The van der Waals surface area contributed by atoms with Crippen molar-refractivity contribution in [2.24, 2.45) is 10.9 Å². The molecule has 3 heteroatoms. The molecular formula is C13H25N3. The number of rotatable bonds is 1. The van der Waals surface area contributed by atoms with Crippen LogP contribution in [-0.2, 0) is 0 Å². The van der Waals surface area contributed by atoms with Gasteiger partial charge in [0.05, 0.1) is 6.04 Å². The maximum Gasteiger partial charge on any atom is 0.0523 e. The zero-order valence-corrected chi connectivity index (χ0v) is 10.9. The molecule has 0 aromatic carbocycles.